The lowest BCUT2D eigenvalue weighted by atomic mass is 10.1. The SMILES string of the molecule is C=C(CCC=C(C)C)COC. The van der Waals surface area contributed by atoms with Crippen LogP contribution >= 0.6 is 0 Å². The van der Waals surface area contributed by atoms with E-state index in [1.165, 1.54) is 11.1 Å². The van der Waals surface area contributed by atoms with Crippen LogP contribution in [0.2, 0.25) is 0 Å². The molecule has 11 heavy (non-hydrogen) atoms. The van der Waals surface area contributed by atoms with Gasteiger partial charge < -0.3 is 4.74 Å². The van der Waals surface area contributed by atoms with Crippen LogP contribution in [0.25, 0.3) is 0 Å². The summed E-state index contributed by atoms with van der Waals surface area (Å²) in [5, 5.41) is 0. The molecule has 0 spiro atoms. The van der Waals surface area contributed by atoms with Crippen LogP contribution in [-0.2, 0) is 4.74 Å². The zero-order chi connectivity index (χ0) is 8.69. The summed E-state index contributed by atoms with van der Waals surface area (Å²) in [7, 11) is 1.70. The number of rotatable bonds is 5. The number of hydrogen-bond acceptors (Lipinski definition) is 1. The van der Waals surface area contributed by atoms with Crippen LogP contribution in [0.1, 0.15) is 26.7 Å². The van der Waals surface area contributed by atoms with Gasteiger partial charge >= 0.3 is 0 Å². The normalized spacial score (nSPS) is 9.36. The summed E-state index contributed by atoms with van der Waals surface area (Å²) in [5.41, 5.74) is 2.54. The minimum atomic E-state index is 0.691. The third kappa shape index (κ3) is 7.34. The minimum absolute atomic E-state index is 0.691. The Morgan fingerprint density at radius 3 is 2.55 bits per heavy atom. The minimum Gasteiger partial charge on any atom is -0.380 e. The van der Waals surface area contributed by atoms with Gasteiger partial charge in [0.25, 0.3) is 0 Å². The highest BCUT2D eigenvalue weighted by Gasteiger charge is 1.90. The molecule has 0 rings (SSSR count). The van der Waals surface area contributed by atoms with E-state index in [0.29, 0.717) is 6.61 Å². The Hall–Kier alpha value is -0.560. The van der Waals surface area contributed by atoms with Crippen LogP contribution in [0.4, 0.5) is 0 Å². The van der Waals surface area contributed by atoms with Crippen LogP contribution in [0.15, 0.2) is 23.8 Å². The Morgan fingerprint density at radius 1 is 1.45 bits per heavy atom. The van der Waals surface area contributed by atoms with Gasteiger partial charge in [-0.2, -0.15) is 0 Å². The van der Waals surface area contributed by atoms with E-state index in [9.17, 15) is 0 Å². The first-order valence-corrected chi connectivity index (χ1v) is 3.95. The molecule has 1 nitrogen and oxygen atoms in total. The molecule has 0 aromatic heterocycles. The molecule has 0 heterocycles. The highest BCUT2D eigenvalue weighted by atomic mass is 16.5. The zero-order valence-corrected chi connectivity index (χ0v) is 7.81. The Morgan fingerprint density at radius 2 is 2.09 bits per heavy atom. The predicted octanol–water partition coefficient (Wildman–Crippen LogP) is 2.94. The van der Waals surface area contributed by atoms with Gasteiger partial charge in [0.2, 0.25) is 0 Å². The molecule has 1 heteroatoms. The van der Waals surface area contributed by atoms with E-state index in [0.717, 1.165) is 12.8 Å². The molecular weight excluding hydrogens is 136 g/mol. The molecule has 0 fully saturated rings. The molecule has 0 bridgehead atoms. The van der Waals surface area contributed by atoms with Crippen molar-refractivity contribution in [2.45, 2.75) is 26.7 Å². The van der Waals surface area contributed by atoms with Gasteiger partial charge in [-0.15, -0.1) is 0 Å². The maximum absolute atomic E-state index is 4.94. The first-order chi connectivity index (χ1) is 5.16. The third-order valence-corrected chi connectivity index (χ3v) is 1.40. The maximum atomic E-state index is 4.94. The average Bonchev–Trinajstić information content (AvgIpc) is 1.87. The van der Waals surface area contributed by atoms with Gasteiger partial charge in [-0.25, -0.2) is 0 Å². The van der Waals surface area contributed by atoms with Gasteiger partial charge in [-0.3, -0.25) is 0 Å². The van der Waals surface area contributed by atoms with Crippen molar-refractivity contribution in [3.63, 3.8) is 0 Å². The van der Waals surface area contributed by atoms with E-state index in [2.05, 4.69) is 26.5 Å². The summed E-state index contributed by atoms with van der Waals surface area (Å²) in [6, 6.07) is 0. The smallest absolute Gasteiger partial charge is 0.0670 e. The summed E-state index contributed by atoms with van der Waals surface area (Å²) in [6.45, 7) is 8.80. The summed E-state index contributed by atoms with van der Waals surface area (Å²) in [4.78, 5) is 0. The first kappa shape index (κ1) is 10.4. The molecule has 0 amide bonds. The van der Waals surface area contributed by atoms with Crippen molar-refractivity contribution in [3.8, 4) is 0 Å². The Kier molecular flexibility index (Phi) is 5.86. The molecule has 0 aliphatic rings. The highest BCUT2D eigenvalue weighted by Crippen LogP contribution is 2.04. The van der Waals surface area contributed by atoms with Gasteiger partial charge in [0, 0.05) is 7.11 Å². The summed E-state index contributed by atoms with van der Waals surface area (Å²) >= 11 is 0. The fourth-order valence-electron chi connectivity index (χ4n) is 0.841. The van der Waals surface area contributed by atoms with Crippen LogP contribution in [0.3, 0.4) is 0 Å². The predicted molar refractivity (Wildman–Crippen MR) is 49.7 cm³/mol. The topological polar surface area (TPSA) is 9.23 Å². The molecule has 64 valence electrons. The number of ether oxygens (including phenoxy) is 1. The van der Waals surface area contributed by atoms with Gasteiger partial charge in [0.05, 0.1) is 6.61 Å². The molecule has 0 aromatic rings. The lowest BCUT2D eigenvalue weighted by Crippen LogP contribution is -1.91. The van der Waals surface area contributed by atoms with Gasteiger partial charge in [0.15, 0.2) is 0 Å². The van der Waals surface area contributed by atoms with Crippen molar-refractivity contribution in [2.75, 3.05) is 13.7 Å². The first-order valence-electron chi connectivity index (χ1n) is 3.95. The van der Waals surface area contributed by atoms with E-state index in [4.69, 9.17) is 4.74 Å². The summed E-state index contributed by atoms with van der Waals surface area (Å²) in [5.74, 6) is 0. The van der Waals surface area contributed by atoms with Crippen molar-refractivity contribution >= 4 is 0 Å². The zero-order valence-electron chi connectivity index (χ0n) is 7.81. The molecular formula is C10H18O. The fourth-order valence-corrected chi connectivity index (χ4v) is 0.841. The van der Waals surface area contributed by atoms with Crippen molar-refractivity contribution < 1.29 is 4.74 Å². The molecule has 0 atom stereocenters. The monoisotopic (exact) mass is 154 g/mol. The average molecular weight is 154 g/mol. The molecule has 0 saturated heterocycles. The molecule has 0 saturated carbocycles. The van der Waals surface area contributed by atoms with E-state index < -0.39 is 0 Å². The van der Waals surface area contributed by atoms with E-state index in [1.54, 1.807) is 7.11 Å². The van der Waals surface area contributed by atoms with Gasteiger partial charge in [-0.1, -0.05) is 23.8 Å². The van der Waals surface area contributed by atoms with Crippen LogP contribution < -0.4 is 0 Å². The summed E-state index contributed by atoms with van der Waals surface area (Å²) in [6.07, 6.45) is 4.35. The van der Waals surface area contributed by atoms with Crippen LogP contribution in [0, 0.1) is 0 Å². The maximum Gasteiger partial charge on any atom is 0.0670 e. The molecule has 0 aliphatic carbocycles. The molecule has 0 radical (unpaired) electrons. The Balaban J connectivity index is 3.39. The Labute approximate surface area is 69.8 Å². The molecule has 0 aromatic carbocycles. The van der Waals surface area contributed by atoms with Gasteiger partial charge in [-0.05, 0) is 26.7 Å². The second-order valence-electron chi connectivity index (χ2n) is 3.00. The largest absolute Gasteiger partial charge is 0.380 e. The standard InChI is InChI=1S/C10H18O/c1-9(2)6-5-7-10(3)8-11-4/h6H,3,5,7-8H2,1-2,4H3. The van der Waals surface area contributed by atoms with E-state index in [1.807, 2.05) is 0 Å². The Bertz CT molecular complexity index is 141. The second kappa shape index (κ2) is 6.17. The van der Waals surface area contributed by atoms with Crippen LogP contribution in [0.5, 0.6) is 0 Å². The number of methoxy groups -OCH3 is 1. The molecule has 0 unspecified atom stereocenters. The fraction of sp³-hybridized carbons (Fsp3) is 0.600. The number of allylic oxidation sites excluding steroid dienone is 2. The highest BCUT2D eigenvalue weighted by molar-refractivity contribution is 5.00. The molecule has 0 N–H and O–H groups in total. The second-order valence-corrected chi connectivity index (χ2v) is 3.00. The van der Waals surface area contributed by atoms with Gasteiger partial charge in [0.1, 0.15) is 0 Å². The van der Waals surface area contributed by atoms with Crippen molar-refractivity contribution in [1.82, 2.24) is 0 Å². The third-order valence-electron chi connectivity index (χ3n) is 1.40. The summed E-state index contributed by atoms with van der Waals surface area (Å²) < 4.78 is 4.94. The van der Waals surface area contributed by atoms with E-state index >= 15 is 0 Å². The van der Waals surface area contributed by atoms with Crippen molar-refractivity contribution in [2.24, 2.45) is 0 Å². The lowest BCUT2D eigenvalue weighted by Gasteiger charge is -2.00. The molecule has 0 aliphatic heterocycles. The quantitative estimate of drug-likeness (QED) is 0.553. The van der Waals surface area contributed by atoms with Crippen molar-refractivity contribution in [1.29, 1.82) is 0 Å². The van der Waals surface area contributed by atoms with E-state index in [-0.39, 0.29) is 0 Å². The van der Waals surface area contributed by atoms with Crippen LogP contribution in [-0.4, -0.2) is 13.7 Å². The lowest BCUT2D eigenvalue weighted by molar-refractivity contribution is 0.223. The number of hydrogen-bond donors (Lipinski definition) is 0. The van der Waals surface area contributed by atoms with Crippen molar-refractivity contribution in [3.05, 3.63) is 23.8 Å².